The minimum atomic E-state index is 0.623. The molecular formula is C11H17P. The molecule has 1 heteroatoms. The molecule has 0 heterocycles. The summed E-state index contributed by atoms with van der Waals surface area (Å²) in [5, 5.41) is 1.34. The number of benzene rings is 1. The van der Waals surface area contributed by atoms with Gasteiger partial charge in [0.05, 0.1) is 0 Å². The lowest BCUT2D eigenvalue weighted by molar-refractivity contribution is 0.861. The summed E-state index contributed by atoms with van der Waals surface area (Å²) < 4.78 is 0. The smallest absolute Gasteiger partial charge is 0.0210 e. The first-order chi connectivity index (χ1) is 5.54. The third-order valence-electron chi connectivity index (χ3n) is 2.40. The second-order valence-corrected chi connectivity index (χ2v) is 4.29. The van der Waals surface area contributed by atoms with Crippen molar-refractivity contribution in [2.75, 3.05) is 0 Å². The standard InChI is InChI=1S/C11H17P/c1-7(2)11-9(4)8(3)5-6-10(11)12/h5-7H,12H2,1-4H3. The molecule has 0 aliphatic heterocycles. The van der Waals surface area contributed by atoms with Crippen molar-refractivity contribution < 1.29 is 0 Å². The van der Waals surface area contributed by atoms with Gasteiger partial charge >= 0.3 is 0 Å². The average Bonchev–Trinajstić information content (AvgIpc) is 1.97. The Balaban J connectivity index is 3.33. The van der Waals surface area contributed by atoms with Crippen LogP contribution in [0.4, 0.5) is 0 Å². The van der Waals surface area contributed by atoms with Gasteiger partial charge in [0, 0.05) is 0 Å². The Kier molecular flexibility index (Phi) is 2.90. The van der Waals surface area contributed by atoms with Gasteiger partial charge in [0.1, 0.15) is 0 Å². The van der Waals surface area contributed by atoms with Gasteiger partial charge in [0.2, 0.25) is 0 Å². The highest BCUT2D eigenvalue weighted by molar-refractivity contribution is 7.27. The van der Waals surface area contributed by atoms with Crippen LogP contribution in [0.3, 0.4) is 0 Å². The minimum Gasteiger partial charge on any atom is -0.105 e. The molecule has 0 bridgehead atoms. The van der Waals surface area contributed by atoms with Gasteiger partial charge in [-0.15, -0.1) is 9.24 Å². The van der Waals surface area contributed by atoms with Crippen LogP contribution in [0.25, 0.3) is 0 Å². The van der Waals surface area contributed by atoms with Crippen LogP contribution in [0, 0.1) is 13.8 Å². The predicted molar refractivity (Wildman–Crippen MR) is 59.3 cm³/mol. The fourth-order valence-corrected chi connectivity index (χ4v) is 2.27. The van der Waals surface area contributed by atoms with Crippen molar-refractivity contribution in [2.24, 2.45) is 0 Å². The summed E-state index contributed by atoms with van der Waals surface area (Å²) in [7, 11) is 2.81. The Morgan fingerprint density at radius 3 is 2.17 bits per heavy atom. The van der Waals surface area contributed by atoms with E-state index in [0.717, 1.165) is 0 Å². The average molecular weight is 180 g/mol. The molecule has 1 rings (SSSR count). The van der Waals surface area contributed by atoms with E-state index in [1.54, 1.807) is 0 Å². The van der Waals surface area contributed by atoms with E-state index in [2.05, 4.69) is 49.1 Å². The Morgan fingerprint density at radius 1 is 1.17 bits per heavy atom. The summed E-state index contributed by atoms with van der Waals surface area (Å²) in [4.78, 5) is 0. The zero-order valence-electron chi connectivity index (χ0n) is 8.31. The second kappa shape index (κ2) is 3.58. The highest BCUT2D eigenvalue weighted by Crippen LogP contribution is 2.21. The van der Waals surface area contributed by atoms with Gasteiger partial charge in [0.15, 0.2) is 0 Å². The summed E-state index contributed by atoms with van der Waals surface area (Å²) >= 11 is 0. The van der Waals surface area contributed by atoms with Crippen molar-refractivity contribution >= 4 is 14.5 Å². The maximum atomic E-state index is 2.81. The normalized spacial score (nSPS) is 10.8. The third kappa shape index (κ3) is 1.69. The molecule has 1 unspecified atom stereocenters. The Morgan fingerprint density at radius 2 is 1.75 bits per heavy atom. The van der Waals surface area contributed by atoms with E-state index in [1.807, 2.05) is 0 Å². The molecule has 0 aliphatic rings. The quantitative estimate of drug-likeness (QED) is 0.583. The molecular weight excluding hydrogens is 163 g/mol. The van der Waals surface area contributed by atoms with Crippen LogP contribution in [0.5, 0.6) is 0 Å². The molecule has 0 radical (unpaired) electrons. The SMILES string of the molecule is Cc1ccc(P)c(C(C)C)c1C. The number of hydrogen-bond donors (Lipinski definition) is 0. The molecule has 1 aromatic carbocycles. The van der Waals surface area contributed by atoms with Gasteiger partial charge in [-0.3, -0.25) is 0 Å². The van der Waals surface area contributed by atoms with Crippen LogP contribution in [0.1, 0.15) is 36.5 Å². The van der Waals surface area contributed by atoms with Crippen molar-refractivity contribution in [1.29, 1.82) is 0 Å². The van der Waals surface area contributed by atoms with Crippen LogP contribution in [0.2, 0.25) is 0 Å². The fourth-order valence-electron chi connectivity index (χ4n) is 1.62. The van der Waals surface area contributed by atoms with Gasteiger partial charge in [-0.25, -0.2) is 0 Å². The van der Waals surface area contributed by atoms with Crippen molar-refractivity contribution in [3.8, 4) is 0 Å². The Hall–Kier alpha value is -0.350. The molecule has 0 saturated heterocycles. The Bertz CT molecular complexity index is 287. The van der Waals surface area contributed by atoms with Crippen LogP contribution in [-0.2, 0) is 0 Å². The molecule has 0 N–H and O–H groups in total. The maximum absolute atomic E-state index is 2.81. The van der Waals surface area contributed by atoms with Gasteiger partial charge < -0.3 is 0 Å². The molecule has 0 fully saturated rings. The van der Waals surface area contributed by atoms with E-state index in [1.165, 1.54) is 22.0 Å². The summed E-state index contributed by atoms with van der Waals surface area (Å²) in [5.74, 6) is 0.623. The fraction of sp³-hybridized carbons (Fsp3) is 0.455. The lowest BCUT2D eigenvalue weighted by Gasteiger charge is -2.14. The molecule has 0 aliphatic carbocycles. The molecule has 0 spiro atoms. The van der Waals surface area contributed by atoms with Crippen LogP contribution in [0.15, 0.2) is 12.1 Å². The zero-order chi connectivity index (χ0) is 9.30. The summed E-state index contributed by atoms with van der Waals surface area (Å²) in [6, 6.07) is 4.37. The predicted octanol–water partition coefficient (Wildman–Crippen LogP) is 2.93. The highest BCUT2D eigenvalue weighted by atomic mass is 31.0. The van der Waals surface area contributed by atoms with Crippen molar-refractivity contribution in [2.45, 2.75) is 33.6 Å². The number of rotatable bonds is 1. The van der Waals surface area contributed by atoms with Gasteiger partial charge in [-0.1, -0.05) is 26.0 Å². The summed E-state index contributed by atoms with van der Waals surface area (Å²) in [6.07, 6.45) is 0. The second-order valence-electron chi connectivity index (χ2n) is 3.67. The summed E-state index contributed by atoms with van der Waals surface area (Å²) in [5.41, 5.74) is 4.32. The van der Waals surface area contributed by atoms with Crippen molar-refractivity contribution in [3.63, 3.8) is 0 Å². The van der Waals surface area contributed by atoms with E-state index in [0.29, 0.717) is 5.92 Å². The van der Waals surface area contributed by atoms with E-state index in [9.17, 15) is 0 Å². The topological polar surface area (TPSA) is 0 Å². The highest BCUT2D eigenvalue weighted by Gasteiger charge is 2.07. The molecule has 0 saturated carbocycles. The lowest BCUT2D eigenvalue weighted by atomic mass is 9.95. The zero-order valence-corrected chi connectivity index (χ0v) is 9.46. The van der Waals surface area contributed by atoms with Crippen molar-refractivity contribution in [1.82, 2.24) is 0 Å². The third-order valence-corrected chi connectivity index (χ3v) is 2.90. The molecule has 0 nitrogen and oxygen atoms in total. The molecule has 1 aromatic rings. The van der Waals surface area contributed by atoms with Crippen LogP contribution < -0.4 is 5.30 Å². The number of hydrogen-bond acceptors (Lipinski definition) is 0. The first-order valence-electron chi connectivity index (χ1n) is 4.39. The first-order valence-corrected chi connectivity index (χ1v) is 4.97. The van der Waals surface area contributed by atoms with Gasteiger partial charge in [-0.05, 0) is 41.8 Å². The summed E-state index contributed by atoms with van der Waals surface area (Å²) in [6.45, 7) is 8.87. The van der Waals surface area contributed by atoms with E-state index in [4.69, 9.17) is 0 Å². The molecule has 0 aromatic heterocycles. The molecule has 0 amide bonds. The van der Waals surface area contributed by atoms with Crippen molar-refractivity contribution in [3.05, 3.63) is 28.8 Å². The first kappa shape index (κ1) is 9.74. The Labute approximate surface area is 77.6 Å². The number of aryl methyl sites for hydroxylation is 1. The maximum Gasteiger partial charge on any atom is -0.0210 e. The molecule has 66 valence electrons. The van der Waals surface area contributed by atoms with Crippen LogP contribution >= 0.6 is 9.24 Å². The minimum absolute atomic E-state index is 0.623. The molecule has 12 heavy (non-hydrogen) atoms. The van der Waals surface area contributed by atoms with E-state index < -0.39 is 0 Å². The van der Waals surface area contributed by atoms with Crippen LogP contribution in [-0.4, -0.2) is 0 Å². The largest absolute Gasteiger partial charge is 0.105 e. The molecule has 1 atom stereocenters. The van der Waals surface area contributed by atoms with E-state index >= 15 is 0 Å². The van der Waals surface area contributed by atoms with Gasteiger partial charge in [-0.2, -0.15) is 0 Å². The van der Waals surface area contributed by atoms with Gasteiger partial charge in [0.25, 0.3) is 0 Å². The van der Waals surface area contributed by atoms with E-state index in [-0.39, 0.29) is 0 Å². The lowest BCUT2D eigenvalue weighted by Crippen LogP contribution is -2.07. The monoisotopic (exact) mass is 180 g/mol.